The number of hydrogen-bond acceptors (Lipinski definition) is 14. The topological polar surface area (TPSA) is 226 Å². The number of aromatic nitrogens is 4. The molecule has 2 N–H and O–H groups in total. The minimum atomic E-state index is -4.14. The number of aromatic amines is 2. The van der Waals surface area contributed by atoms with E-state index in [-0.39, 0.29) is 40.3 Å². The Hall–Kier alpha value is -3.08. The third kappa shape index (κ3) is 12.5. The van der Waals surface area contributed by atoms with Crippen LogP contribution in [0.5, 0.6) is 0 Å². The SMILES string of the molecule is CCCCC(=O)CCC(=O)OC1[C@@H](COP(C)(=O)OC2[C@@H](CC)O[C@@H](n3ccc(=O)[nH]c3=O)[C@H]2O[Si](C)(C)C(C)(C)C)O[C@@H](n2ccc(=O)[nH]c2=O)[C@H]1O[Si](C(C)C)(C(C)C)C(C)C. The Balaban J connectivity index is 1.76. The van der Waals surface area contributed by atoms with Crippen LogP contribution in [-0.4, -0.2) is 97.4 Å². The Labute approximate surface area is 378 Å². The molecule has 64 heavy (non-hydrogen) atoms. The third-order valence-electron chi connectivity index (χ3n) is 13.0. The zero-order chi connectivity index (χ0) is 48.1. The zero-order valence-electron chi connectivity index (χ0n) is 40.2. The van der Waals surface area contributed by atoms with Crippen LogP contribution in [0.25, 0.3) is 0 Å². The van der Waals surface area contributed by atoms with Gasteiger partial charge in [-0.3, -0.25) is 47.4 Å². The van der Waals surface area contributed by atoms with E-state index in [4.69, 9.17) is 32.1 Å². The van der Waals surface area contributed by atoms with Crippen molar-refractivity contribution in [2.24, 2.45) is 0 Å². The largest absolute Gasteiger partial charge is 0.457 e. The second kappa shape index (κ2) is 21.7. The highest BCUT2D eigenvalue weighted by Crippen LogP contribution is 2.53. The van der Waals surface area contributed by atoms with E-state index >= 15 is 0 Å². The maximum atomic E-state index is 14.7. The van der Waals surface area contributed by atoms with Gasteiger partial charge in [0.15, 0.2) is 26.9 Å². The van der Waals surface area contributed by atoms with Crippen LogP contribution in [0.15, 0.2) is 43.7 Å². The van der Waals surface area contributed by atoms with Gasteiger partial charge in [0, 0.05) is 44.0 Å². The van der Waals surface area contributed by atoms with Crippen molar-refractivity contribution >= 4 is 36.0 Å². The standard InChI is InChI=1S/C43H73N4O14PSi2/c1-15-17-18-29(48)19-20-34(51)58-35-31(57-39(46-23-21-32(49)44-41(46)52)37(35)61-64(26(3)4,27(5)6)28(7)8)25-55-62(12,54)59-36-30(16-2)56-40(47-24-22-33(50)45-42(47)53)38(36)60-63(13,14)43(9,10)11/h21-24,26-28,30-31,35-40H,15-20,25H2,1-14H3,(H,44,49,52)(H,45,50,53)/t30-,31-,35?,36?,37+,38+,39-,40-,62?/m1/s1. The van der Waals surface area contributed by atoms with Crippen molar-refractivity contribution in [3.8, 4) is 0 Å². The summed E-state index contributed by atoms with van der Waals surface area (Å²) in [5.41, 5.74) is -2.58. The van der Waals surface area contributed by atoms with E-state index in [1.165, 1.54) is 40.3 Å². The van der Waals surface area contributed by atoms with E-state index in [2.05, 4.69) is 51.5 Å². The van der Waals surface area contributed by atoms with Gasteiger partial charge in [0.1, 0.15) is 30.2 Å². The molecule has 0 radical (unpaired) electrons. The first-order chi connectivity index (χ1) is 29.7. The van der Waals surface area contributed by atoms with Gasteiger partial charge in [-0.2, -0.15) is 0 Å². The molecule has 2 saturated heterocycles. The Bertz CT molecular complexity index is 2180. The molecule has 0 amide bonds. The molecule has 4 rings (SSSR count). The summed E-state index contributed by atoms with van der Waals surface area (Å²) in [5, 5.41) is -0.298. The van der Waals surface area contributed by atoms with E-state index in [1.807, 2.05) is 47.7 Å². The molecule has 0 saturated carbocycles. The summed E-state index contributed by atoms with van der Waals surface area (Å²) in [6, 6.07) is 2.37. The lowest BCUT2D eigenvalue weighted by molar-refractivity contribution is -0.156. The van der Waals surface area contributed by atoms with Gasteiger partial charge in [0.2, 0.25) is 8.32 Å². The fourth-order valence-electron chi connectivity index (χ4n) is 8.68. The maximum absolute atomic E-state index is 14.7. The first-order valence-corrected chi connectivity index (χ1v) is 29.6. The van der Waals surface area contributed by atoms with Crippen molar-refractivity contribution in [1.82, 2.24) is 19.1 Å². The first kappa shape index (κ1) is 53.5. The Morgan fingerprint density at radius 3 is 1.72 bits per heavy atom. The Morgan fingerprint density at radius 1 is 0.766 bits per heavy atom. The number of rotatable bonds is 22. The smallest absolute Gasteiger partial charge is 0.330 e. The predicted octanol–water partition coefficient (Wildman–Crippen LogP) is 6.92. The lowest BCUT2D eigenvalue weighted by Gasteiger charge is -2.45. The van der Waals surface area contributed by atoms with Gasteiger partial charge in [-0.1, -0.05) is 82.6 Å². The van der Waals surface area contributed by atoms with Crippen molar-refractivity contribution in [1.29, 1.82) is 0 Å². The van der Waals surface area contributed by atoms with Gasteiger partial charge in [-0.25, -0.2) is 9.59 Å². The number of ether oxygens (including phenoxy) is 3. The lowest BCUT2D eigenvalue weighted by atomic mass is 10.1. The lowest BCUT2D eigenvalue weighted by Crippen LogP contribution is -2.54. The summed E-state index contributed by atoms with van der Waals surface area (Å²) in [5.74, 6) is -0.775. The number of unbranched alkanes of at least 4 members (excludes halogenated alkanes) is 1. The molecular weight excluding hydrogens is 884 g/mol. The molecule has 0 bridgehead atoms. The maximum Gasteiger partial charge on any atom is 0.330 e. The summed E-state index contributed by atoms with van der Waals surface area (Å²) in [4.78, 5) is 81.8. The van der Waals surface area contributed by atoms with Crippen LogP contribution in [0.3, 0.4) is 0 Å². The van der Waals surface area contributed by atoms with Crippen LogP contribution in [0.1, 0.15) is 127 Å². The Morgan fingerprint density at radius 2 is 1.27 bits per heavy atom. The highest BCUT2D eigenvalue weighted by molar-refractivity contribution is 7.53. The number of esters is 1. The second-order valence-corrected chi connectivity index (χ2v) is 31.7. The van der Waals surface area contributed by atoms with Crippen LogP contribution >= 0.6 is 7.60 Å². The molecule has 362 valence electrons. The predicted molar refractivity (Wildman–Crippen MR) is 247 cm³/mol. The van der Waals surface area contributed by atoms with Gasteiger partial charge in [-0.15, -0.1) is 0 Å². The molecule has 2 aromatic heterocycles. The molecule has 2 fully saturated rings. The van der Waals surface area contributed by atoms with Crippen LogP contribution in [0.4, 0.5) is 0 Å². The van der Waals surface area contributed by atoms with E-state index in [0.29, 0.717) is 19.3 Å². The molecule has 0 aromatic carbocycles. The molecule has 2 aliphatic heterocycles. The van der Waals surface area contributed by atoms with Crippen LogP contribution in [0.2, 0.25) is 34.8 Å². The molecule has 21 heteroatoms. The molecule has 0 spiro atoms. The van der Waals surface area contributed by atoms with E-state index in [0.717, 1.165) is 6.42 Å². The molecule has 18 nitrogen and oxygen atoms in total. The van der Waals surface area contributed by atoms with Crippen molar-refractivity contribution in [2.75, 3.05) is 13.3 Å². The average molecular weight is 957 g/mol. The van der Waals surface area contributed by atoms with Crippen LogP contribution in [-0.2, 0) is 46.3 Å². The summed E-state index contributed by atoms with van der Waals surface area (Å²) < 4.78 is 63.0. The van der Waals surface area contributed by atoms with Crippen molar-refractivity contribution < 1.29 is 46.3 Å². The number of Topliss-reactive ketones (excluding diaryl/α,β-unsaturated/α-hetero) is 1. The van der Waals surface area contributed by atoms with Crippen molar-refractivity contribution in [3.05, 3.63) is 66.2 Å². The monoisotopic (exact) mass is 956 g/mol. The van der Waals surface area contributed by atoms with E-state index in [9.17, 15) is 33.3 Å². The summed E-state index contributed by atoms with van der Waals surface area (Å²) >= 11 is 0. The molecule has 2 aromatic rings. The quantitative estimate of drug-likeness (QED) is 0.0695. The van der Waals surface area contributed by atoms with Crippen LogP contribution in [0, 0.1) is 0 Å². The van der Waals surface area contributed by atoms with Gasteiger partial charge in [0.25, 0.3) is 11.1 Å². The van der Waals surface area contributed by atoms with Gasteiger partial charge in [-0.05, 0) is 47.6 Å². The Kier molecular flexibility index (Phi) is 18.2. The second-order valence-electron chi connectivity index (χ2n) is 19.5. The van der Waals surface area contributed by atoms with Gasteiger partial charge < -0.3 is 27.6 Å². The van der Waals surface area contributed by atoms with Crippen molar-refractivity contribution in [3.63, 3.8) is 0 Å². The zero-order valence-corrected chi connectivity index (χ0v) is 43.1. The van der Waals surface area contributed by atoms with Gasteiger partial charge >= 0.3 is 24.9 Å². The van der Waals surface area contributed by atoms with E-state index in [1.54, 1.807) is 0 Å². The molecule has 4 heterocycles. The number of ketones is 1. The molecular formula is C43H73N4O14PSi2. The minimum Gasteiger partial charge on any atom is -0.457 e. The third-order valence-corrected chi connectivity index (χ3v) is 24.8. The average Bonchev–Trinajstić information content (AvgIpc) is 3.68. The summed E-state index contributed by atoms with van der Waals surface area (Å²) in [7, 11) is -9.64. The number of nitrogens with one attached hydrogen (secondary N) is 2. The number of H-pyrrole nitrogens is 2. The van der Waals surface area contributed by atoms with Crippen molar-refractivity contribution in [2.45, 2.75) is 199 Å². The summed E-state index contributed by atoms with van der Waals surface area (Å²) in [6.45, 7) is 27.3. The number of hydrogen-bond donors (Lipinski definition) is 2. The first-order valence-electron chi connectivity index (χ1n) is 22.6. The van der Waals surface area contributed by atoms with E-state index < -0.39 is 108 Å². The molecule has 0 aliphatic carbocycles. The fraction of sp³-hybridized carbons (Fsp3) is 0.767. The summed E-state index contributed by atoms with van der Waals surface area (Å²) in [6.07, 6.45) is -4.01. The molecule has 9 atom stereocenters. The highest BCUT2D eigenvalue weighted by atomic mass is 31.2. The number of carbonyl (C=O) groups is 2. The number of carbonyl (C=O) groups excluding carboxylic acids is 2. The fourth-order valence-corrected chi connectivity index (χ4v) is 16.7. The molecule has 3 unspecified atom stereocenters. The molecule has 2 aliphatic rings. The van der Waals surface area contributed by atoms with Gasteiger partial charge in [0.05, 0.1) is 19.1 Å². The normalized spacial score (nSPS) is 25.3. The van der Waals surface area contributed by atoms with Crippen LogP contribution < -0.4 is 22.5 Å². The minimum absolute atomic E-state index is 0.0328. The highest BCUT2D eigenvalue weighted by Gasteiger charge is 2.57. The number of nitrogens with zero attached hydrogens (tertiary/aromatic N) is 2.